The molecule has 0 saturated carbocycles. The smallest absolute Gasteiger partial charge is 0.492 e. The van der Waals surface area contributed by atoms with E-state index in [9.17, 15) is 35.1 Å². The average Bonchev–Trinajstić information content (AvgIpc) is 3.47. The van der Waals surface area contributed by atoms with E-state index < -0.39 is 42.2 Å². The first-order chi connectivity index (χ1) is 25.2. The summed E-state index contributed by atoms with van der Waals surface area (Å²) in [4.78, 5) is 35.1. The van der Waals surface area contributed by atoms with Crippen LogP contribution in [-0.2, 0) is 43.9 Å². The normalized spacial score (nSPS) is 18.9. The molecule has 1 fully saturated rings. The molecule has 5 aromatic rings. The van der Waals surface area contributed by atoms with Crippen LogP contribution in [-0.4, -0.2) is 76.5 Å². The second-order valence-electron chi connectivity index (χ2n) is 12.8. The maximum absolute atomic E-state index is 14.9. The van der Waals surface area contributed by atoms with Crippen LogP contribution in [0.1, 0.15) is 33.4 Å². The Labute approximate surface area is 300 Å². The summed E-state index contributed by atoms with van der Waals surface area (Å²) in [5.74, 6) is -0.954. The van der Waals surface area contributed by atoms with Gasteiger partial charge in [0.1, 0.15) is 18.8 Å². The molecule has 4 atom stereocenters. The molecule has 1 saturated heterocycles. The number of benzene rings is 4. The summed E-state index contributed by atoms with van der Waals surface area (Å²) in [5.41, 5.74) is 4.68. The van der Waals surface area contributed by atoms with Crippen molar-refractivity contribution in [3.63, 3.8) is 0 Å². The number of hydrogen-bond acceptors (Lipinski definition) is 9. The molecule has 1 aromatic heterocycles. The van der Waals surface area contributed by atoms with Crippen LogP contribution in [0.2, 0.25) is 0 Å². The Balaban J connectivity index is 1.28. The molecule has 270 valence electrons. The van der Waals surface area contributed by atoms with Gasteiger partial charge in [-0.2, -0.15) is 0 Å². The van der Waals surface area contributed by atoms with Gasteiger partial charge < -0.3 is 40.1 Å². The first-order valence-corrected chi connectivity index (χ1v) is 16.9. The highest BCUT2D eigenvalue weighted by atomic mass is 16.8. The van der Waals surface area contributed by atoms with Crippen LogP contribution < -0.4 is 4.84 Å². The number of amides is 2. The lowest BCUT2D eigenvalue weighted by molar-refractivity contribution is -0.0408. The Morgan fingerprint density at radius 3 is 1.44 bits per heavy atom. The van der Waals surface area contributed by atoms with Gasteiger partial charge in [0, 0.05) is 25.2 Å². The minimum absolute atomic E-state index is 0.105. The van der Waals surface area contributed by atoms with Gasteiger partial charge in [0.05, 0.1) is 18.7 Å². The molecule has 52 heavy (non-hydrogen) atoms. The lowest BCUT2D eigenvalue weighted by Gasteiger charge is -2.36. The minimum atomic E-state index is -1.29. The van der Waals surface area contributed by atoms with E-state index in [-0.39, 0.29) is 32.3 Å². The lowest BCUT2D eigenvalue weighted by Crippen LogP contribution is -2.50. The lowest BCUT2D eigenvalue weighted by atomic mass is 9.91. The number of urea groups is 1. The fourth-order valence-corrected chi connectivity index (χ4v) is 6.44. The predicted octanol–water partition coefficient (Wildman–Crippen LogP) is 4.54. The fourth-order valence-electron chi connectivity index (χ4n) is 6.44. The summed E-state index contributed by atoms with van der Waals surface area (Å²) in [6.07, 6.45) is -3.12. The Bertz CT molecular complexity index is 1900. The Kier molecular flexibility index (Phi) is 11.4. The second kappa shape index (κ2) is 16.5. The third-order valence-electron chi connectivity index (χ3n) is 9.26. The molecule has 0 aliphatic carbocycles. The van der Waals surface area contributed by atoms with E-state index in [1.807, 2.05) is 72.8 Å². The molecule has 2 amide bonds. The summed E-state index contributed by atoms with van der Waals surface area (Å²) in [6.45, 7) is -0.0216. The van der Waals surface area contributed by atoms with Crippen LogP contribution in [0.4, 0.5) is 9.59 Å². The molecule has 0 bridgehead atoms. The topological polar surface area (TPSA) is 165 Å². The number of ether oxygens (including phenoxy) is 1. The Morgan fingerprint density at radius 1 is 0.577 bits per heavy atom. The standard InChI is InChI=1S/C40H41N3O9/c44-25-31-15-11-29(12-16-31)23-41-33(21-27-7-3-1-4-8-27)37(47)38(48)34(22-28-9-5-2-6-10-28)42(39(41)49)24-30-13-17-32(18-14-30)26-51-40(50)52-43-35(45)19-20-36(43)46/h1-20,33-34,37-38,44-48H,21-26H2/t33-,34-,37+,38+/m1/s1. The maximum Gasteiger partial charge on any atom is 0.534 e. The van der Waals surface area contributed by atoms with Crippen LogP contribution in [0.15, 0.2) is 121 Å². The van der Waals surface area contributed by atoms with Crippen molar-refractivity contribution in [2.45, 2.75) is 63.4 Å². The minimum Gasteiger partial charge on any atom is -0.492 e. The molecule has 12 nitrogen and oxygen atoms in total. The van der Waals surface area contributed by atoms with Crippen molar-refractivity contribution in [2.75, 3.05) is 0 Å². The van der Waals surface area contributed by atoms with E-state index in [1.165, 1.54) is 0 Å². The van der Waals surface area contributed by atoms with Crippen LogP contribution in [0, 0.1) is 0 Å². The molecular formula is C40H41N3O9. The third-order valence-corrected chi connectivity index (χ3v) is 9.26. The van der Waals surface area contributed by atoms with Crippen molar-refractivity contribution in [1.29, 1.82) is 0 Å². The van der Waals surface area contributed by atoms with Gasteiger partial charge in [0.15, 0.2) is 0 Å². The van der Waals surface area contributed by atoms with E-state index in [0.29, 0.717) is 23.1 Å². The van der Waals surface area contributed by atoms with Crippen molar-refractivity contribution < 1.29 is 44.7 Å². The van der Waals surface area contributed by atoms with Gasteiger partial charge in [0.25, 0.3) is 0 Å². The molecule has 1 aliphatic heterocycles. The largest absolute Gasteiger partial charge is 0.534 e. The number of aromatic hydroxyl groups is 2. The maximum atomic E-state index is 14.9. The Morgan fingerprint density at radius 2 is 1.00 bits per heavy atom. The zero-order chi connectivity index (χ0) is 36.6. The first kappa shape index (κ1) is 36.0. The van der Waals surface area contributed by atoms with E-state index in [4.69, 9.17) is 9.57 Å². The number of nitrogens with zero attached hydrogens (tertiary/aromatic N) is 3. The van der Waals surface area contributed by atoms with E-state index in [2.05, 4.69) is 0 Å². The zero-order valence-corrected chi connectivity index (χ0v) is 28.3. The number of aliphatic hydroxyl groups excluding tert-OH is 3. The summed E-state index contributed by atoms with van der Waals surface area (Å²) in [6, 6.07) is 33.8. The molecule has 0 unspecified atom stereocenters. The third kappa shape index (κ3) is 8.55. The van der Waals surface area contributed by atoms with Crippen molar-refractivity contribution in [2.24, 2.45) is 0 Å². The van der Waals surface area contributed by atoms with Gasteiger partial charge in [-0.1, -0.05) is 109 Å². The summed E-state index contributed by atoms with van der Waals surface area (Å²) >= 11 is 0. The average molecular weight is 708 g/mol. The van der Waals surface area contributed by atoms with Crippen molar-refractivity contribution in [1.82, 2.24) is 14.5 Å². The van der Waals surface area contributed by atoms with Crippen molar-refractivity contribution in [3.8, 4) is 11.8 Å². The number of aromatic nitrogens is 1. The van der Waals surface area contributed by atoms with Crippen molar-refractivity contribution in [3.05, 3.63) is 155 Å². The van der Waals surface area contributed by atoms with Gasteiger partial charge in [-0.25, -0.2) is 9.59 Å². The van der Waals surface area contributed by atoms with Crippen LogP contribution in [0.3, 0.4) is 0 Å². The van der Waals surface area contributed by atoms with E-state index >= 15 is 0 Å². The monoisotopic (exact) mass is 707 g/mol. The molecule has 0 spiro atoms. The van der Waals surface area contributed by atoms with Gasteiger partial charge in [0.2, 0.25) is 11.8 Å². The second-order valence-corrected chi connectivity index (χ2v) is 12.8. The van der Waals surface area contributed by atoms with Gasteiger partial charge in [-0.15, -0.1) is 4.73 Å². The fraction of sp³-hybridized carbons (Fsp3) is 0.250. The molecule has 5 N–H and O–H groups in total. The number of carbonyl (C=O) groups is 2. The molecule has 1 aliphatic rings. The highest BCUT2D eigenvalue weighted by molar-refractivity contribution is 5.76. The molecule has 2 heterocycles. The molecule has 6 rings (SSSR count). The molecule has 0 radical (unpaired) electrons. The van der Waals surface area contributed by atoms with E-state index in [0.717, 1.165) is 39.9 Å². The van der Waals surface area contributed by atoms with Gasteiger partial charge in [-0.3, -0.25) is 4.84 Å². The van der Waals surface area contributed by atoms with Crippen molar-refractivity contribution >= 4 is 12.2 Å². The number of rotatable bonds is 12. The summed E-state index contributed by atoms with van der Waals surface area (Å²) < 4.78 is 5.67. The number of carbonyl (C=O) groups excluding carboxylic acids is 2. The van der Waals surface area contributed by atoms with Crippen LogP contribution in [0.25, 0.3) is 0 Å². The van der Waals surface area contributed by atoms with Crippen LogP contribution >= 0.6 is 0 Å². The number of aliphatic hydroxyl groups is 3. The zero-order valence-electron chi connectivity index (χ0n) is 28.3. The Hall–Kier alpha value is -5.82. The number of hydrogen-bond donors (Lipinski definition) is 5. The highest BCUT2D eigenvalue weighted by Gasteiger charge is 2.46. The summed E-state index contributed by atoms with van der Waals surface area (Å²) in [7, 11) is 0. The van der Waals surface area contributed by atoms with Gasteiger partial charge in [-0.05, 0) is 46.2 Å². The predicted molar refractivity (Wildman–Crippen MR) is 190 cm³/mol. The molecule has 4 aromatic carbocycles. The quantitative estimate of drug-likeness (QED) is 0.117. The van der Waals surface area contributed by atoms with Crippen LogP contribution in [0.5, 0.6) is 11.8 Å². The highest BCUT2D eigenvalue weighted by Crippen LogP contribution is 2.30. The first-order valence-electron chi connectivity index (χ1n) is 16.9. The molecule has 12 heteroatoms. The SMILES string of the molecule is O=C(OCc1ccc(CN2C(=O)N(Cc3ccc(CO)cc3)[C@H](Cc3ccccc3)[C@H](O)[C@@H](O)[C@H]2Cc2ccccc2)cc1)On1c(O)ccc1O. The van der Waals surface area contributed by atoms with E-state index in [1.54, 1.807) is 46.2 Å². The van der Waals surface area contributed by atoms with Gasteiger partial charge >= 0.3 is 12.2 Å². The summed E-state index contributed by atoms with van der Waals surface area (Å²) in [5, 5.41) is 52.8. The molecular weight excluding hydrogens is 666 g/mol.